The average molecular weight is 1450 g/mol. The molecule has 1 saturated carbocycles. The van der Waals surface area contributed by atoms with E-state index < -0.39 is 0 Å². The molecule has 0 radical (unpaired) electrons. The van der Waals surface area contributed by atoms with Gasteiger partial charge in [-0.3, -0.25) is 0 Å². The Morgan fingerprint density at radius 3 is 0.937 bits per heavy atom. The van der Waals surface area contributed by atoms with E-state index in [2.05, 4.69) is 369 Å². The van der Waals surface area contributed by atoms with Gasteiger partial charge in [0.05, 0.1) is 22.3 Å². The van der Waals surface area contributed by atoms with Crippen molar-refractivity contribution < 1.29 is 35.9 Å². The van der Waals surface area contributed by atoms with Crippen LogP contribution in [0.25, 0.3) is 176 Å². The SMILES string of the molecule is CCc1ccc(-c2c(C)ccc3c2oc2c4ccccc4ccc32)[n+](C)c1.Cc1ccc(-c2c(C)ccc3c2oc2c4ccccc4ccc32)[n+](C)c1.Cc1ccc2c(oc3c4ccccc4ccc23)c1-c1ccc(C(C)C)c[n+]1C.Cc1ccc2c(oc3c4ccccc4ccc23)c1-c1ccc(C2CCCC2)c[n+]1C. The van der Waals surface area contributed by atoms with Gasteiger partial charge < -0.3 is 17.7 Å². The first-order valence-electron chi connectivity index (χ1n) is 39.4. The second-order valence-electron chi connectivity index (χ2n) is 31.2. The molecule has 0 amide bonds. The number of fused-ring (bicyclic) bond motifs is 20. The largest absolute Gasteiger partial charge is 0.454 e. The van der Waals surface area contributed by atoms with Crippen LogP contribution in [-0.4, -0.2) is 0 Å². The molecule has 20 aromatic rings. The molecule has 0 N–H and O–H groups in total. The van der Waals surface area contributed by atoms with Crippen molar-refractivity contribution in [2.45, 2.75) is 99.3 Å². The molecule has 1 aliphatic carbocycles. The predicted molar refractivity (Wildman–Crippen MR) is 460 cm³/mol. The Morgan fingerprint density at radius 2 is 0.604 bits per heavy atom. The standard InChI is InChI=1S/C28H26NO.C26H24NO.C25H22NO.C24H20NO/c1-18-11-14-24-23-15-12-20-9-5-6-10-22(20)27(23)30-28(24)26(18)25-16-13-21(17-29(25)2)19-7-3-4-8-19;1-16(2)19-11-14-23(27(4)15-19)24-17(3)9-12-22-21-13-10-18-7-5-6-8-20(18)25(21)28-26(22)24;1-4-17-10-14-22(26(3)15-17)23-16(2)9-12-21-20-13-11-18-7-5-6-8-19(18)24(20)27-25(21)23;1-15-8-13-21(25(3)14-15)22-16(2)9-11-20-19-12-10-17-6-4-5-7-18(17)23(19)26-24(20)22/h5-6,9-17,19H,3-4,7-8H2,1-2H3;5-16H,1-4H3;5-15H,4H2,1-3H3;4-14H,1-3H3/q4*+1. The minimum Gasteiger partial charge on any atom is -0.454 e. The van der Waals surface area contributed by atoms with Crippen LogP contribution < -0.4 is 18.3 Å². The van der Waals surface area contributed by atoms with Gasteiger partial charge >= 0.3 is 0 Å². The summed E-state index contributed by atoms with van der Waals surface area (Å²) in [6.07, 6.45) is 15.3. The minimum atomic E-state index is 0.509. The topological polar surface area (TPSA) is 68.1 Å². The van der Waals surface area contributed by atoms with Crippen LogP contribution in [-0.2, 0) is 34.6 Å². The van der Waals surface area contributed by atoms with Gasteiger partial charge in [-0.1, -0.05) is 203 Å². The molecule has 111 heavy (non-hydrogen) atoms. The lowest BCUT2D eigenvalue weighted by atomic mass is 9.96. The molecule has 0 aliphatic heterocycles. The van der Waals surface area contributed by atoms with Crippen molar-refractivity contribution in [3.05, 3.63) is 312 Å². The predicted octanol–water partition coefficient (Wildman–Crippen LogP) is 25.8. The van der Waals surface area contributed by atoms with Gasteiger partial charge in [0.15, 0.2) is 24.8 Å². The zero-order valence-electron chi connectivity index (χ0n) is 65.5. The van der Waals surface area contributed by atoms with E-state index in [1.54, 1.807) is 0 Å². The van der Waals surface area contributed by atoms with Crippen LogP contribution in [0, 0.1) is 34.6 Å². The molecule has 0 saturated heterocycles. The third kappa shape index (κ3) is 12.3. The molecule has 0 spiro atoms. The fourth-order valence-electron chi connectivity index (χ4n) is 17.7. The summed E-state index contributed by atoms with van der Waals surface area (Å²) in [4.78, 5) is 0. The molecular formula is C103H92N4O4+4. The lowest BCUT2D eigenvalue weighted by Gasteiger charge is -2.10. The Labute approximate surface area is 647 Å². The third-order valence-electron chi connectivity index (χ3n) is 23.7. The van der Waals surface area contributed by atoms with Gasteiger partial charge in [-0.05, 0) is 158 Å². The first-order chi connectivity index (χ1) is 54.0. The van der Waals surface area contributed by atoms with Gasteiger partial charge in [0, 0.05) is 111 Å². The lowest BCUT2D eigenvalue weighted by molar-refractivity contribution is -0.661. The number of aryl methyl sites for hydroxylation is 10. The maximum atomic E-state index is 6.60. The number of aromatic nitrogens is 4. The van der Waals surface area contributed by atoms with Gasteiger partial charge in [-0.15, -0.1) is 0 Å². The summed E-state index contributed by atoms with van der Waals surface area (Å²) < 4.78 is 35.1. The molecule has 0 atom stereocenters. The van der Waals surface area contributed by atoms with E-state index in [9.17, 15) is 0 Å². The molecular weight excluding hydrogens is 1360 g/mol. The van der Waals surface area contributed by atoms with Crippen molar-refractivity contribution >= 4 is 131 Å². The monoisotopic (exact) mass is 1450 g/mol. The molecule has 544 valence electrons. The van der Waals surface area contributed by atoms with Gasteiger partial charge in [0.1, 0.15) is 72.9 Å². The van der Waals surface area contributed by atoms with Gasteiger partial charge in [-0.2, -0.15) is 0 Å². The van der Waals surface area contributed by atoms with Crippen molar-refractivity contribution in [1.82, 2.24) is 0 Å². The van der Waals surface area contributed by atoms with Crippen molar-refractivity contribution in [3.63, 3.8) is 0 Å². The molecule has 8 heterocycles. The van der Waals surface area contributed by atoms with Crippen LogP contribution in [0.3, 0.4) is 0 Å². The molecule has 0 bridgehead atoms. The Kier molecular flexibility index (Phi) is 18.0. The highest BCUT2D eigenvalue weighted by Gasteiger charge is 2.28. The Balaban J connectivity index is 0.000000104. The first-order valence-corrected chi connectivity index (χ1v) is 39.4. The highest BCUT2D eigenvalue weighted by atomic mass is 16.3. The number of pyridine rings is 4. The van der Waals surface area contributed by atoms with Gasteiger partial charge in [-0.25, -0.2) is 18.3 Å². The molecule has 8 heteroatoms. The third-order valence-corrected chi connectivity index (χ3v) is 23.7. The van der Waals surface area contributed by atoms with E-state index in [-0.39, 0.29) is 0 Å². The van der Waals surface area contributed by atoms with Crippen molar-refractivity contribution in [2.24, 2.45) is 28.2 Å². The second-order valence-corrected chi connectivity index (χ2v) is 31.2. The highest BCUT2D eigenvalue weighted by molar-refractivity contribution is 6.21. The summed E-state index contributed by atoms with van der Waals surface area (Å²) in [6, 6.07) is 86.7. The average Bonchev–Trinajstić information content (AvgIpc) is 1.61. The van der Waals surface area contributed by atoms with Gasteiger partial charge in [0.2, 0.25) is 22.8 Å². The van der Waals surface area contributed by atoms with E-state index in [0.29, 0.717) is 5.92 Å². The molecule has 21 rings (SSSR count). The number of furan rings is 4. The van der Waals surface area contributed by atoms with Crippen molar-refractivity contribution in [3.8, 4) is 45.0 Å². The zero-order chi connectivity index (χ0) is 76.0. The summed E-state index contributed by atoms with van der Waals surface area (Å²) in [7, 11) is 8.51. The summed E-state index contributed by atoms with van der Waals surface area (Å²) in [5.41, 5.74) is 27.6. The smallest absolute Gasteiger partial charge is 0.216 e. The minimum absolute atomic E-state index is 0.509. The summed E-state index contributed by atoms with van der Waals surface area (Å²) >= 11 is 0. The van der Waals surface area contributed by atoms with E-state index in [4.69, 9.17) is 17.7 Å². The summed E-state index contributed by atoms with van der Waals surface area (Å²) in [6.45, 7) is 17.4. The molecule has 0 unspecified atom stereocenters. The highest BCUT2D eigenvalue weighted by Crippen LogP contribution is 2.45. The molecule has 8 aromatic heterocycles. The number of benzene rings is 12. The fraction of sp³-hybridized carbons (Fsp3) is 0.184. The molecule has 1 aliphatic rings. The van der Waals surface area contributed by atoms with Crippen molar-refractivity contribution in [2.75, 3.05) is 0 Å². The normalized spacial score (nSPS) is 12.6. The van der Waals surface area contributed by atoms with E-state index in [1.165, 1.54) is 196 Å². The number of nitrogens with zero attached hydrogens (tertiary/aromatic N) is 4. The van der Waals surface area contributed by atoms with E-state index in [1.807, 2.05) is 0 Å². The maximum absolute atomic E-state index is 6.60. The Bertz CT molecular complexity index is 7110. The zero-order valence-corrected chi connectivity index (χ0v) is 65.5. The van der Waals surface area contributed by atoms with E-state index >= 15 is 0 Å². The van der Waals surface area contributed by atoms with E-state index in [0.717, 1.165) is 62.4 Å². The van der Waals surface area contributed by atoms with Gasteiger partial charge in [0.25, 0.3) is 0 Å². The molecule has 12 aromatic carbocycles. The maximum Gasteiger partial charge on any atom is 0.216 e. The summed E-state index contributed by atoms with van der Waals surface area (Å²) in [5, 5.41) is 19.0. The first kappa shape index (κ1) is 70.2. The van der Waals surface area contributed by atoms with Crippen LogP contribution in [0.5, 0.6) is 0 Å². The quantitative estimate of drug-likeness (QED) is 0.149. The Morgan fingerprint density at radius 1 is 0.297 bits per heavy atom. The molecule has 1 fully saturated rings. The second kappa shape index (κ2) is 28.5. The lowest BCUT2D eigenvalue weighted by Crippen LogP contribution is -2.31. The number of hydrogen-bond acceptors (Lipinski definition) is 4. The molecule has 8 nitrogen and oxygen atoms in total. The van der Waals surface area contributed by atoms with Crippen LogP contribution in [0.2, 0.25) is 0 Å². The summed E-state index contributed by atoms with van der Waals surface area (Å²) in [5.74, 6) is 1.23. The Hall–Kier alpha value is -12.5. The van der Waals surface area contributed by atoms with Crippen LogP contribution >= 0.6 is 0 Å². The van der Waals surface area contributed by atoms with Crippen LogP contribution in [0.4, 0.5) is 0 Å². The number of rotatable bonds is 7. The van der Waals surface area contributed by atoms with Crippen LogP contribution in [0.1, 0.15) is 103 Å². The van der Waals surface area contributed by atoms with Crippen LogP contribution in [0.15, 0.2) is 285 Å². The number of hydrogen-bond donors (Lipinski definition) is 0. The fourth-order valence-corrected chi connectivity index (χ4v) is 17.7. The van der Waals surface area contributed by atoms with Crippen molar-refractivity contribution in [1.29, 1.82) is 0 Å².